The highest BCUT2D eigenvalue weighted by molar-refractivity contribution is 6.33. The zero-order chi connectivity index (χ0) is 24.2. The van der Waals surface area contributed by atoms with Crippen LogP contribution in [-0.4, -0.2) is 72.0 Å². The number of aromatic nitrogens is 1. The second kappa shape index (κ2) is 11.5. The van der Waals surface area contributed by atoms with Gasteiger partial charge in [-0.05, 0) is 62.5 Å². The molecule has 35 heavy (non-hydrogen) atoms. The Hall–Kier alpha value is -1.86. The summed E-state index contributed by atoms with van der Waals surface area (Å²) < 4.78 is 0. The Balaban J connectivity index is 0.00000304. The highest BCUT2D eigenvalue weighted by atomic mass is 35.5. The van der Waals surface area contributed by atoms with Crippen molar-refractivity contribution in [3.8, 4) is 0 Å². The smallest absolute Gasteiger partial charge is 0.253 e. The third kappa shape index (κ3) is 6.29. The number of anilines is 1. The molecule has 0 atom stereocenters. The summed E-state index contributed by atoms with van der Waals surface area (Å²) in [5, 5.41) is 4.47. The molecule has 0 radical (unpaired) electrons. The quantitative estimate of drug-likeness (QED) is 0.577. The molecule has 0 unspecified atom stereocenters. The third-order valence-corrected chi connectivity index (χ3v) is 8.31. The molecule has 1 saturated carbocycles. The lowest BCUT2D eigenvalue weighted by atomic mass is 10.0. The Morgan fingerprint density at radius 3 is 2.31 bits per heavy atom. The van der Waals surface area contributed by atoms with Crippen LogP contribution < -0.4 is 10.2 Å². The zero-order valence-electron chi connectivity index (χ0n) is 20.3. The number of hydrogen-bond donors (Lipinski definition) is 1. The van der Waals surface area contributed by atoms with Crippen LogP contribution in [0.1, 0.15) is 55.9 Å². The van der Waals surface area contributed by atoms with Crippen molar-refractivity contribution in [1.82, 2.24) is 20.1 Å². The summed E-state index contributed by atoms with van der Waals surface area (Å²) in [6, 6.07) is 10.9. The molecule has 5 rings (SSSR count). The van der Waals surface area contributed by atoms with Crippen molar-refractivity contribution in [3.63, 3.8) is 0 Å². The largest absolute Gasteiger partial charge is 0.353 e. The Morgan fingerprint density at radius 2 is 1.66 bits per heavy atom. The third-order valence-electron chi connectivity index (χ3n) is 7.78. The van der Waals surface area contributed by atoms with Crippen LogP contribution in [0.5, 0.6) is 0 Å². The van der Waals surface area contributed by atoms with Crippen LogP contribution in [-0.2, 0) is 6.54 Å². The van der Waals surface area contributed by atoms with Crippen molar-refractivity contribution >= 4 is 34.9 Å². The van der Waals surface area contributed by atoms with Gasteiger partial charge in [-0.1, -0.05) is 48.2 Å². The van der Waals surface area contributed by atoms with Gasteiger partial charge < -0.3 is 10.2 Å². The second-order valence-corrected chi connectivity index (χ2v) is 11.0. The van der Waals surface area contributed by atoms with E-state index in [1.165, 1.54) is 31.2 Å². The molecule has 3 fully saturated rings. The minimum atomic E-state index is -0.0647. The van der Waals surface area contributed by atoms with Crippen molar-refractivity contribution < 1.29 is 6.22 Å². The normalized spacial score (nSPS) is 20.9. The number of likely N-dealkylation sites (tertiary alicyclic amines) is 1. The van der Waals surface area contributed by atoms with Gasteiger partial charge in [-0.3, -0.25) is 14.6 Å². The van der Waals surface area contributed by atoms with Crippen LogP contribution in [0.2, 0.25) is 10.0 Å². The number of piperidine rings is 1. The molecule has 0 spiro atoms. The van der Waals surface area contributed by atoms with E-state index in [1.807, 2.05) is 12.1 Å². The molecule has 190 valence electrons. The fourth-order valence-electron chi connectivity index (χ4n) is 5.72. The lowest BCUT2D eigenvalue weighted by Gasteiger charge is -2.43. The molecular formula is C27H37Cl2N5O. The van der Waals surface area contributed by atoms with Crippen LogP contribution in [0.4, 0.5) is 5.82 Å². The van der Waals surface area contributed by atoms with Gasteiger partial charge in [0, 0.05) is 57.5 Å². The molecule has 2 saturated heterocycles. The summed E-state index contributed by atoms with van der Waals surface area (Å²) in [4.78, 5) is 24.6. The van der Waals surface area contributed by atoms with E-state index < -0.39 is 0 Å². The Labute approximate surface area is 220 Å². The molecule has 1 aromatic carbocycles. The topological polar surface area (TPSA) is 51.7 Å². The van der Waals surface area contributed by atoms with Gasteiger partial charge in [0.05, 0.1) is 10.6 Å². The van der Waals surface area contributed by atoms with Crippen LogP contribution in [0.3, 0.4) is 0 Å². The highest BCUT2D eigenvalue weighted by Crippen LogP contribution is 2.27. The van der Waals surface area contributed by atoms with Gasteiger partial charge in [0.2, 0.25) is 0 Å². The Bertz CT molecular complexity index is 1000. The van der Waals surface area contributed by atoms with E-state index in [-0.39, 0.29) is 7.33 Å². The van der Waals surface area contributed by atoms with Gasteiger partial charge in [0.15, 0.2) is 0 Å². The number of carbonyl (C=O) groups is 1. The average Bonchev–Trinajstić information content (AvgIpc) is 3.39. The summed E-state index contributed by atoms with van der Waals surface area (Å²) in [6.45, 7) is 7.11. The zero-order valence-corrected chi connectivity index (χ0v) is 21.8. The van der Waals surface area contributed by atoms with Gasteiger partial charge >= 0.3 is 0 Å². The molecule has 6 nitrogen and oxygen atoms in total. The van der Waals surface area contributed by atoms with Gasteiger partial charge in [-0.2, -0.15) is 0 Å². The minimum absolute atomic E-state index is 0. The van der Waals surface area contributed by atoms with E-state index in [9.17, 15) is 4.79 Å². The van der Waals surface area contributed by atoms with Crippen LogP contribution in [0.15, 0.2) is 36.5 Å². The number of carbonyl (C=O) groups excluding carboxylic acids is 1. The number of rotatable bonds is 6. The number of amides is 1. The van der Waals surface area contributed by atoms with Gasteiger partial charge in [-0.15, -0.1) is 0 Å². The van der Waals surface area contributed by atoms with Crippen molar-refractivity contribution in [2.45, 2.75) is 57.2 Å². The lowest BCUT2D eigenvalue weighted by molar-refractivity contribution is 0.0937. The van der Waals surface area contributed by atoms with E-state index in [0.29, 0.717) is 22.7 Å². The van der Waals surface area contributed by atoms with Crippen molar-refractivity contribution in [1.29, 1.82) is 0 Å². The van der Waals surface area contributed by atoms with Crippen LogP contribution in [0.25, 0.3) is 0 Å². The number of nitrogens with one attached hydrogen (secondary N) is 1. The van der Waals surface area contributed by atoms with Crippen molar-refractivity contribution in [3.05, 3.63) is 57.7 Å². The monoisotopic (exact) mass is 517 g/mol. The van der Waals surface area contributed by atoms with E-state index in [1.54, 1.807) is 12.3 Å². The SMILES string of the molecule is O=C(NC1CCCC1)c1cnc(N2CCN(C3CCN(Cc4ccc(Cl)cc4)CC3)CC2)c(Cl)c1.[HH]. The second-order valence-electron chi connectivity index (χ2n) is 10.1. The maximum absolute atomic E-state index is 12.6. The number of pyridine rings is 1. The molecular weight excluding hydrogens is 481 g/mol. The molecule has 3 aliphatic rings. The number of piperazine rings is 1. The van der Waals surface area contributed by atoms with Crippen LogP contribution >= 0.6 is 23.2 Å². The highest BCUT2D eigenvalue weighted by Gasteiger charge is 2.29. The number of hydrogen-bond acceptors (Lipinski definition) is 5. The van der Waals surface area contributed by atoms with E-state index in [2.05, 4.69) is 37.1 Å². The van der Waals surface area contributed by atoms with Crippen molar-refractivity contribution in [2.75, 3.05) is 44.2 Å². The first kappa shape index (κ1) is 24.8. The van der Waals surface area contributed by atoms with Crippen molar-refractivity contribution in [2.24, 2.45) is 0 Å². The first-order valence-corrected chi connectivity index (χ1v) is 13.7. The Morgan fingerprint density at radius 1 is 0.971 bits per heavy atom. The lowest BCUT2D eigenvalue weighted by Crippen LogP contribution is -2.53. The fraction of sp³-hybridized carbons (Fsp3) is 0.556. The standard InChI is InChI=1S/C27H35Cl2N5O.H2/c28-22-7-5-20(6-8-22)19-32-11-9-24(10-12-32)33-13-15-34(16-14-33)26-25(29)17-21(18-30-26)27(35)31-23-3-1-2-4-23;/h5-8,17-18,23-24H,1-4,9-16,19H2,(H,31,35);1H. The van der Waals surface area contributed by atoms with Gasteiger partial charge in [-0.25, -0.2) is 4.98 Å². The van der Waals surface area contributed by atoms with Gasteiger partial charge in [0.25, 0.3) is 5.91 Å². The summed E-state index contributed by atoms with van der Waals surface area (Å²) in [5.74, 6) is 0.728. The maximum Gasteiger partial charge on any atom is 0.253 e. The molecule has 2 aliphatic heterocycles. The molecule has 1 N–H and O–H groups in total. The fourth-order valence-corrected chi connectivity index (χ4v) is 6.13. The molecule has 0 bridgehead atoms. The predicted molar refractivity (Wildman–Crippen MR) is 145 cm³/mol. The summed E-state index contributed by atoms with van der Waals surface area (Å²) in [6.07, 6.45) is 8.60. The summed E-state index contributed by atoms with van der Waals surface area (Å²) >= 11 is 12.6. The Kier molecular flexibility index (Phi) is 8.13. The molecule has 1 amide bonds. The van der Waals surface area contributed by atoms with E-state index >= 15 is 0 Å². The van der Waals surface area contributed by atoms with E-state index in [0.717, 1.165) is 69.5 Å². The maximum atomic E-state index is 12.6. The van der Waals surface area contributed by atoms with Gasteiger partial charge in [0.1, 0.15) is 5.82 Å². The first-order chi connectivity index (χ1) is 17.0. The molecule has 2 aromatic rings. The minimum Gasteiger partial charge on any atom is -0.353 e. The number of benzene rings is 1. The summed E-state index contributed by atoms with van der Waals surface area (Å²) in [7, 11) is 0. The van der Waals surface area contributed by atoms with E-state index in [4.69, 9.17) is 23.2 Å². The molecule has 1 aliphatic carbocycles. The molecule has 8 heteroatoms. The number of nitrogens with zero attached hydrogens (tertiary/aromatic N) is 4. The van der Waals surface area contributed by atoms with Crippen LogP contribution in [0, 0.1) is 0 Å². The molecule has 3 heterocycles. The average molecular weight is 519 g/mol. The number of halogens is 2. The molecule has 1 aromatic heterocycles. The summed E-state index contributed by atoms with van der Waals surface area (Å²) in [5.41, 5.74) is 1.88. The predicted octanol–water partition coefficient (Wildman–Crippen LogP) is 5.09. The first-order valence-electron chi connectivity index (χ1n) is 13.0.